The highest BCUT2D eigenvalue weighted by Crippen LogP contribution is 2.42. The number of para-hydroxylation sites is 2. The van der Waals surface area contributed by atoms with E-state index in [1.165, 1.54) is 0 Å². The topological polar surface area (TPSA) is 67.6 Å². The van der Waals surface area contributed by atoms with Crippen LogP contribution in [0.2, 0.25) is 0 Å². The van der Waals surface area contributed by atoms with Crippen molar-refractivity contribution in [2.75, 3.05) is 0 Å². The average Bonchev–Trinajstić information content (AvgIpc) is 3.77. The first-order valence-corrected chi connectivity index (χ1v) is 17.2. The number of fused-ring (bicyclic) bond motifs is 7. The number of hydrogen-bond acceptors (Lipinski definition) is 4. The van der Waals surface area contributed by atoms with Crippen molar-refractivity contribution in [3.05, 3.63) is 175 Å². The van der Waals surface area contributed by atoms with Crippen LogP contribution in [0.15, 0.2) is 174 Å². The summed E-state index contributed by atoms with van der Waals surface area (Å²) < 4.78 is 8.98. The molecule has 7 aromatic carbocycles. The van der Waals surface area contributed by atoms with Gasteiger partial charge in [-0.2, -0.15) is 5.26 Å². The maximum atomic E-state index is 10.5. The minimum atomic E-state index is 0.440. The Morgan fingerprint density at radius 3 is 1.71 bits per heavy atom. The van der Waals surface area contributed by atoms with E-state index >= 15 is 0 Å². The summed E-state index contributed by atoms with van der Waals surface area (Å²) in [4.78, 5) is 10.3. The van der Waals surface area contributed by atoms with Crippen molar-refractivity contribution in [2.45, 2.75) is 0 Å². The van der Waals surface area contributed by atoms with Crippen molar-refractivity contribution >= 4 is 43.7 Å². The molecule has 3 aromatic heterocycles. The number of hydrogen-bond donors (Lipinski definition) is 0. The molecule has 0 saturated carbocycles. The van der Waals surface area contributed by atoms with Crippen molar-refractivity contribution in [3.8, 4) is 56.8 Å². The number of rotatable bonds is 5. The van der Waals surface area contributed by atoms with Gasteiger partial charge in [0.05, 0.1) is 22.4 Å². The molecule has 0 bridgehead atoms. The van der Waals surface area contributed by atoms with E-state index in [4.69, 9.17) is 14.4 Å². The Hall–Kier alpha value is -7.29. The van der Waals surface area contributed by atoms with Crippen LogP contribution in [0.3, 0.4) is 0 Å². The van der Waals surface area contributed by atoms with Crippen molar-refractivity contribution in [1.82, 2.24) is 14.5 Å². The number of nitriles is 1. The molecule has 0 aliphatic rings. The van der Waals surface area contributed by atoms with Crippen molar-refractivity contribution in [3.63, 3.8) is 0 Å². The van der Waals surface area contributed by atoms with Crippen LogP contribution in [0, 0.1) is 11.3 Å². The molecule has 242 valence electrons. The summed E-state index contributed by atoms with van der Waals surface area (Å²) in [6, 6.07) is 60.2. The lowest BCUT2D eigenvalue weighted by molar-refractivity contribution is 0.671. The number of aromatic nitrogens is 3. The molecule has 5 nitrogen and oxygen atoms in total. The maximum absolute atomic E-state index is 10.5. The highest BCUT2D eigenvalue weighted by Gasteiger charge is 2.22. The average molecular weight is 665 g/mol. The summed E-state index contributed by atoms with van der Waals surface area (Å²) in [7, 11) is 0. The minimum Gasteiger partial charge on any atom is -0.454 e. The third-order valence-corrected chi connectivity index (χ3v) is 9.84. The van der Waals surface area contributed by atoms with Gasteiger partial charge in [-0.3, -0.25) is 0 Å². The second-order valence-corrected chi connectivity index (χ2v) is 12.9. The van der Waals surface area contributed by atoms with Crippen LogP contribution >= 0.6 is 0 Å². The van der Waals surface area contributed by atoms with Crippen LogP contribution in [0.1, 0.15) is 5.56 Å². The Labute approximate surface area is 299 Å². The lowest BCUT2D eigenvalue weighted by Gasteiger charge is -2.15. The normalized spacial score (nSPS) is 11.4. The van der Waals surface area contributed by atoms with Crippen LogP contribution in [-0.4, -0.2) is 14.5 Å². The standard InChI is InChI=1S/C47H28N4O/c48-29-40-43(31-16-6-2-7-17-31)49-47(50-44(40)32-18-8-3-9-19-32)34-26-33(30-14-4-1-5-15-30)27-35(28-34)51-41-22-12-10-20-36(41)38-24-25-39-37-21-11-13-23-42(37)52-46(39)45(38)51/h1-28H. The van der Waals surface area contributed by atoms with Gasteiger partial charge in [-0.15, -0.1) is 0 Å². The number of benzene rings is 7. The number of nitrogens with zero attached hydrogens (tertiary/aromatic N) is 4. The van der Waals surface area contributed by atoms with E-state index in [0.717, 1.165) is 77.2 Å². The molecule has 0 atom stereocenters. The third kappa shape index (κ3) is 4.70. The molecule has 0 saturated heterocycles. The van der Waals surface area contributed by atoms with Crippen LogP contribution < -0.4 is 0 Å². The summed E-state index contributed by atoms with van der Waals surface area (Å²) in [6.45, 7) is 0. The van der Waals surface area contributed by atoms with Crippen LogP contribution in [-0.2, 0) is 0 Å². The zero-order valence-electron chi connectivity index (χ0n) is 27.9. The van der Waals surface area contributed by atoms with Gasteiger partial charge in [0.1, 0.15) is 17.2 Å². The van der Waals surface area contributed by atoms with Crippen molar-refractivity contribution in [1.29, 1.82) is 5.26 Å². The van der Waals surface area contributed by atoms with Gasteiger partial charge in [0.2, 0.25) is 0 Å². The van der Waals surface area contributed by atoms with E-state index in [0.29, 0.717) is 22.8 Å². The van der Waals surface area contributed by atoms with E-state index in [1.54, 1.807) is 0 Å². The van der Waals surface area contributed by atoms with E-state index in [-0.39, 0.29) is 0 Å². The lowest BCUT2D eigenvalue weighted by Crippen LogP contribution is -2.02. The molecule has 0 aliphatic heterocycles. The van der Waals surface area contributed by atoms with Gasteiger partial charge in [0.15, 0.2) is 11.4 Å². The molecule has 0 amide bonds. The second kappa shape index (κ2) is 11.9. The monoisotopic (exact) mass is 664 g/mol. The van der Waals surface area contributed by atoms with Crippen molar-refractivity contribution in [2.24, 2.45) is 0 Å². The van der Waals surface area contributed by atoms with Gasteiger partial charge in [0, 0.05) is 43.9 Å². The highest BCUT2D eigenvalue weighted by molar-refractivity contribution is 6.21. The fourth-order valence-corrected chi connectivity index (χ4v) is 7.47. The van der Waals surface area contributed by atoms with Gasteiger partial charge < -0.3 is 8.98 Å². The molecule has 0 fully saturated rings. The summed E-state index contributed by atoms with van der Waals surface area (Å²) >= 11 is 0. The van der Waals surface area contributed by atoms with Crippen LogP contribution in [0.4, 0.5) is 0 Å². The molecular formula is C47H28N4O. The summed E-state index contributed by atoms with van der Waals surface area (Å²) in [5.41, 5.74) is 11.0. The largest absolute Gasteiger partial charge is 0.454 e. The molecule has 3 heterocycles. The fourth-order valence-electron chi connectivity index (χ4n) is 7.47. The molecule has 0 N–H and O–H groups in total. The molecule has 10 rings (SSSR count). The quantitative estimate of drug-likeness (QED) is 0.184. The van der Waals surface area contributed by atoms with Gasteiger partial charge in [-0.25, -0.2) is 9.97 Å². The molecule has 52 heavy (non-hydrogen) atoms. The Morgan fingerprint density at radius 1 is 0.481 bits per heavy atom. The first-order chi connectivity index (χ1) is 25.7. The van der Waals surface area contributed by atoms with Gasteiger partial charge in [-0.1, -0.05) is 133 Å². The molecule has 0 aliphatic carbocycles. The smallest absolute Gasteiger partial charge is 0.160 e. The van der Waals surface area contributed by atoms with E-state index in [1.807, 2.05) is 78.9 Å². The third-order valence-electron chi connectivity index (χ3n) is 9.84. The zero-order chi connectivity index (χ0) is 34.6. The van der Waals surface area contributed by atoms with E-state index < -0.39 is 0 Å². The molecule has 0 unspecified atom stereocenters. The Morgan fingerprint density at radius 2 is 1.04 bits per heavy atom. The van der Waals surface area contributed by atoms with E-state index in [9.17, 15) is 5.26 Å². The SMILES string of the molecule is N#Cc1c(-c2ccccc2)nc(-c2cc(-c3ccccc3)cc(-n3c4ccccc4c4ccc5c6ccccc6oc5c43)c2)nc1-c1ccccc1. The Bertz CT molecular complexity index is 2950. The molecule has 0 radical (unpaired) electrons. The van der Waals surface area contributed by atoms with Crippen LogP contribution in [0.25, 0.3) is 94.5 Å². The van der Waals surface area contributed by atoms with Gasteiger partial charge in [-0.05, 0) is 47.5 Å². The Balaban J connectivity index is 1.31. The maximum Gasteiger partial charge on any atom is 0.160 e. The van der Waals surface area contributed by atoms with Crippen molar-refractivity contribution < 1.29 is 4.42 Å². The second-order valence-electron chi connectivity index (χ2n) is 12.9. The first-order valence-electron chi connectivity index (χ1n) is 17.2. The highest BCUT2D eigenvalue weighted by atomic mass is 16.3. The summed E-state index contributed by atoms with van der Waals surface area (Å²) in [5, 5.41) is 15.0. The van der Waals surface area contributed by atoms with Gasteiger partial charge >= 0.3 is 0 Å². The summed E-state index contributed by atoms with van der Waals surface area (Å²) in [5.74, 6) is 0.533. The van der Waals surface area contributed by atoms with E-state index in [2.05, 4.69) is 102 Å². The minimum absolute atomic E-state index is 0.440. The predicted octanol–water partition coefficient (Wildman–Crippen LogP) is 12.0. The van der Waals surface area contributed by atoms with Crippen LogP contribution in [0.5, 0.6) is 0 Å². The predicted molar refractivity (Wildman–Crippen MR) is 210 cm³/mol. The molecule has 10 aromatic rings. The molecule has 0 spiro atoms. The van der Waals surface area contributed by atoms with Gasteiger partial charge in [0.25, 0.3) is 0 Å². The first kappa shape index (κ1) is 29.6. The summed E-state index contributed by atoms with van der Waals surface area (Å²) in [6.07, 6.45) is 0. The molecule has 5 heteroatoms. The Kier molecular flexibility index (Phi) is 6.80. The fraction of sp³-hybridized carbons (Fsp3) is 0. The number of furan rings is 1. The lowest BCUT2D eigenvalue weighted by atomic mass is 9.98. The zero-order valence-corrected chi connectivity index (χ0v) is 27.9. The molecular weight excluding hydrogens is 637 g/mol.